The van der Waals surface area contributed by atoms with Gasteiger partial charge < -0.3 is 4.74 Å². The molecule has 4 rings (SSSR count). The molecule has 0 aliphatic carbocycles. The summed E-state index contributed by atoms with van der Waals surface area (Å²) in [5.41, 5.74) is 2.24. The molecule has 1 aliphatic heterocycles. The first kappa shape index (κ1) is 24.6. The number of ether oxygens (including phenoxy) is 1. The Balaban J connectivity index is 1.60. The van der Waals surface area contributed by atoms with Crippen molar-refractivity contribution in [2.24, 2.45) is 0 Å². The predicted molar refractivity (Wildman–Crippen MR) is 135 cm³/mol. The van der Waals surface area contributed by atoms with E-state index in [0.29, 0.717) is 27.0 Å². The lowest BCUT2D eigenvalue weighted by Gasteiger charge is -2.26. The van der Waals surface area contributed by atoms with Crippen LogP contribution in [0, 0.1) is 5.82 Å². The smallest absolute Gasteiger partial charge is 0.335 e. The highest BCUT2D eigenvalue weighted by Gasteiger charge is 2.36. The number of amides is 4. The van der Waals surface area contributed by atoms with Crippen LogP contribution in [-0.4, -0.2) is 17.8 Å². The van der Waals surface area contributed by atoms with Crippen LogP contribution in [0.2, 0.25) is 5.02 Å². The van der Waals surface area contributed by atoms with Crippen molar-refractivity contribution in [2.75, 3.05) is 4.90 Å². The van der Waals surface area contributed by atoms with Crippen LogP contribution in [0.25, 0.3) is 6.08 Å². The average molecular weight is 558 g/mol. The van der Waals surface area contributed by atoms with Crippen molar-refractivity contribution in [3.05, 3.63) is 98.2 Å². The van der Waals surface area contributed by atoms with E-state index in [2.05, 4.69) is 21.2 Å². The Bertz CT molecular complexity index is 1330. The minimum atomic E-state index is -0.818. The van der Waals surface area contributed by atoms with E-state index in [-0.39, 0.29) is 23.0 Å². The zero-order valence-corrected chi connectivity index (χ0v) is 20.8. The van der Waals surface area contributed by atoms with Crippen molar-refractivity contribution in [1.82, 2.24) is 5.32 Å². The van der Waals surface area contributed by atoms with Crippen molar-refractivity contribution in [1.29, 1.82) is 0 Å². The molecule has 1 saturated heterocycles. The predicted octanol–water partition coefficient (Wildman–Crippen LogP) is 6.05. The maximum Gasteiger partial charge on any atom is 0.335 e. The number of nitrogens with one attached hydrogen (secondary N) is 1. The molecule has 0 unspecified atom stereocenters. The third-order valence-corrected chi connectivity index (χ3v) is 6.18. The molecule has 1 N–H and O–H groups in total. The molecule has 0 bridgehead atoms. The van der Waals surface area contributed by atoms with Crippen LogP contribution in [0.15, 0.2) is 70.7 Å². The molecule has 1 aliphatic rings. The number of carbonyl (C=O) groups excluding carboxylic acids is 3. The van der Waals surface area contributed by atoms with Gasteiger partial charge in [0, 0.05) is 0 Å². The Labute approximate surface area is 214 Å². The summed E-state index contributed by atoms with van der Waals surface area (Å²) in [7, 11) is 0. The van der Waals surface area contributed by atoms with E-state index in [1.807, 2.05) is 19.1 Å². The van der Waals surface area contributed by atoms with Gasteiger partial charge in [-0.15, -0.1) is 0 Å². The van der Waals surface area contributed by atoms with Gasteiger partial charge in [-0.1, -0.05) is 42.8 Å². The second kappa shape index (κ2) is 10.4. The van der Waals surface area contributed by atoms with Crippen LogP contribution >= 0.6 is 27.5 Å². The van der Waals surface area contributed by atoms with E-state index in [9.17, 15) is 18.8 Å². The Kier molecular flexibility index (Phi) is 7.33. The fourth-order valence-electron chi connectivity index (χ4n) is 3.52. The normalized spacial score (nSPS) is 14.9. The number of anilines is 1. The van der Waals surface area contributed by atoms with Gasteiger partial charge in [-0.25, -0.2) is 14.1 Å². The topological polar surface area (TPSA) is 75.7 Å². The Morgan fingerprint density at radius 1 is 1.06 bits per heavy atom. The van der Waals surface area contributed by atoms with Gasteiger partial charge >= 0.3 is 6.03 Å². The van der Waals surface area contributed by atoms with E-state index >= 15 is 0 Å². The lowest BCUT2D eigenvalue weighted by molar-refractivity contribution is -0.122. The number of halogens is 3. The largest absolute Gasteiger partial charge is 0.486 e. The van der Waals surface area contributed by atoms with Crippen molar-refractivity contribution in [2.45, 2.75) is 20.0 Å². The first-order valence-electron chi connectivity index (χ1n) is 10.6. The molecule has 3 aromatic rings. The molecule has 4 amide bonds. The Morgan fingerprint density at radius 2 is 1.80 bits per heavy atom. The molecule has 0 saturated carbocycles. The molecule has 3 aromatic carbocycles. The molecule has 1 fully saturated rings. The average Bonchev–Trinajstić information content (AvgIpc) is 2.81. The van der Waals surface area contributed by atoms with Crippen molar-refractivity contribution in [3.8, 4) is 5.75 Å². The molecule has 0 spiro atoms. The molecule has 0 atom stereocenters. The monoisotopic (exact) mass is 556 g/mol. The number of barbiturate groups is 1. The van der Waals surface area contributed by atoms with Gasteiger partial charge in [0.05, 0.1) is 15.2 Å². The maximum atomic E-state index is 13.4. The fourth-order valence-corrected chi connectivity index (χ4v) is 4.51. The highest BCUT2D eigenvalue weighted by atomic mass is 79.9. The number of urea groups is 1. The second-order valence-corrected chi connectivity index (χ2v) is 8.97. The summed E-state index contributed by atoms with van der Waals surface area (Å²) in [5, 5.41) is 2.42. The number of imide groups is 2. The van der Waals surface area contributed by atoms with Crippen molar-refractivity contribution in [3.63, 3.8) is 0 Å². The second-order valence-electron chi connectivity index (χ2n) is 7.71. The first-order chi connectivity index (χ1) is 16.8. The number of nitrogens with zero attached hydrogens (tertiary/aromatic N) is 1. The van der Waals surface area contributed by atoms with Gasteiger partial charge in [0.15, 0.2) is 5.75 Å². The number of carbonyl (C=O) groups is 3. The summed E-state index contributed by atoms with van der Waals surface area (Å²) in [5.74, 6) is -1.60. The lowest BCUT2D eigenvalue weighted by atomic mass is 10.1. The van der Waals surface area contributed by atoms with Crippen molar-refractivity contribution >= 4 is 57.1 Å². The molecule has 178 valence electrons. The highest BCUT2D eigenvalue weighted by molar-refractivity contribution is 9.10. The molecule has 9 heteroatoms. The standard InChI is InChI=1S/C26H19BrClFN2O4/c1-2-15-6-8-19(9-7-15)31-25(33)20(24(32)30-26(31)34)11-17-12-21(27)23(22(28)13-17)35-14-16-4-3-5-18(29)10-16/h3-13H,2,14H2,1H3,(H,30,32,34)/b20-11-. The summed E-state index contributed by atoms with van der Waals surface area (Å²) < 4.78 is 19.6. The zero-order valence-electron chi connectivity index (χ0n) is 18.5. The summed E-state index contributed by atoms with van der Waals surface area (Å²) in [6.07, 6.45) is 2.16. The van der Waals surface area contributed by atoms with E-state index < -0.39 is 17.8 Å². The Morgan fingerprint density at radius 3 is 2.46 bits per heavy atom. The SMILES string of the molecule is CCc1ccc(N2C(=O)NC(=O)/C(=C/c3cc(Cl)c(OCc4cccc(F)c4)c(Br)c3)C2=O)cc1. The van der Waals surface area contributed by atoms with E-state index in [1.54, 1.807) is 30.3 Å². The fraction of sp³-hybridized carbons (Fsp3) is 0.115. The summed E-state index contributed by atoms with van der Waals surface area (Å²) in [4.78, 5) is 38.9. The van der Waals surface area contributed by atoms with E-state index in [4.69, 9.17) is 16.3 Å². The van der Waals surface area contributed by atoms with Crippen LogP contribution in [0.3, 0.4) is 0 Å². The molecule has 6 nitrogen and oxygen atoms in total. The number of hydrogen-bond donors (Lipinski definition) is 1. The van der Waals surface area contributed by atoms with Crippen LogP contribution in [0.1, 0.15) is 23.6 Å². The molecular weight excluding hydrogens is 539 g/mol. The summed E-state index contributed by atoms with van der Waals surface area (Å²) in [6, 6.07) is 15.3. The van der Waals surface area contributed by atoms with Gasteiger partial charge in [0.25, 0.3) is 11.8 Å². The number of aryl methyl sites for hydroxylation is 1. The minimum absolute atomic E-state index is 0.0886. The third-order valence-electron chi connectivity index (χ3n) is 5.31. The molecule has 35 heavy (non-hydrogen) atoms. The number of rotatable bonds is 6. The minimum Gasteiger partial charge on any atom is -0.486 e. The first-order valence-corrected chi connectivity index (χ1v) is 11.8. The van der Waals surface area contributed by atoms with Gasteiger partial charge in [-0.2, -0.15) is 0 Å². The lowest BCUT2D eigenvalue weighted by Crippen LogP contribution is -2.54. The van der Waals surface area contributed by atoms with E-state index in [1.165, 1.54) is 24.3 Å². The number of hydrogen-bond acceptors (Lipinski definition) is 4. The van der Waals surface area contributed by atoms with Crippen LogP contribution in [0.4, 0.5) is 14.9 Å². The molecular formula is C26H19BrClFN2O4. The van der Waals surface area contributed by atoms with Gasteiger partial charge in [-0.05, 0) is 81.5 Å². The third kappa shape index (κ3) is 5.44. The quantitative estimate of drug-likeness (QED) is 0.296. The van der Waals surface area contributed by atoms with Gasteiger partial charge in [0.2, 0.25) is 0 Å². The van der Waals surface area contributed by atoms with Crippen LogP contribution < -0.4 is 15.0 Å². The van der Waals surface area contributed by atoms with Crippen LogP contribution in [-0.2, 0) is 22.6 Å². The number of benzene rings is 3. The van der Waals surface area contributed by atoms with E-state index in [0.717, 1.165) is 16.9 Å². The zero-order chi connectivity index (χ0) is 25.1. The van der Waals surface area contributed by atoms with Crippen molar-refractivity contribution < 1.29 is 23.5 Å². The molecule has 1 heterocycles. The highest BCUT2D eigenvalue weighted by Crippen LogP contribution is 2.36. The summed E-state index contributed by atoms with van der Waals surface area (Å²) in [6.45, 7) is 2.08. The Hall–Kier alpha value is -3.49. The van der Waals surface area contributed by atoms with Gasteiger partial charge in [0.1, 0.15) is 18.0 Å². The summed E-state index contributed by atoms with van der Waals surface area (Å²) >= 11 is 9.78. The van der Waals surface area contributed by atoms with Crippen LogP contribution in [0.5, 0.6) is 5.75 Å². The molecule has 0 aromatic heterocycles. The maximum absolute atomic E-state index is 13.4. The molecule has 0 radical (unpaired) electrons. The van der Waals surface area contributed by atoms with Gasteiger partial charge in [-0.3, -0.25) is 14.9 Å².